The van der Waals surface area contributed by atoms with Crippen LogP contribution in [0, 0.1) is 0 Å². The maximum atomic E-state index is 10.8. The van der Waals surface area contributed by atoms with Crippen molar-refractivity contribution in [2.45, 2.75) is 13.2 Å². The Morgan fingerprint density at radius 2 is 1.80 bits per heavy atom. The standard InChI is InChI=1S/C10H14O4S/c1-13-7-9-4-3-5-10(6-9)8-14-15(2,11)12/h3-6H,7-8H2,1-2H3. The third-order valence-electron chi connectivity index (χ3n) is 1.74. The maximum Gasteiger partial charge on any atom is 0.264 e. The van der Waals surface area contributed by atoms with E-state index in [1.54, 1.807) is 7.11 Å². The van der Waals surface area contributed by atoms with Gasteiger partial charge >= 0.3 is 0 Å². The number of rotatable bonds is 5. The lowest BCUT2D eigenvalue weighted by atomic mass is 10.1. The molecule has 1 aromatic rings. The molecule has 0 unspecified atom stereocenters. The zero-order valence-corrected chi connectivity index (χ0v) is 9.58. The summed E-state index contributed by atoms with van der Waals surface area (Å²) >= 11 is 0. The average molecular weight is 230 g/mol. The van der Waals surface area contributed by atoms with Crippen molar-refractivity contribution in [3.8, 4) is 0 Å². The van der Waals surface area contributed by atoms with E-state index in [2.05, 4.69) is 4.18 Å². The van der Waals surface area contributed by atoms with E-state index < -0.39 is 10.1 Å². The molecule has 0 spiro atoms. The highest BCUT2D eigenvalue weighted by Crippen LogP contribution is 2.08. The number of hydrogen-bond donors (Lipinski definition) is 0. The Hall–Kier alpha value is -0.910. The highest BCUT2D eigenvalue weighted by Gasteiger charge is 2.02. The van der Waals surface area contributed by atoms with E-state index in [0.29, 0.717) is 6.61 Å². The summed E-state index contributed by atoms with van der Waals surface area (Å²) < 4.78 is 31.2. The summed E-state index contributed by atoms with van der Waals surface area (Å²) in [6, 6.07) is 7.42. The molecule has 0 N–H and O–H groups in total. The maximum absolute atomic E-state index is 10.8. The zero-order valence-electron chi connectivity index (χ0n) is 8.76. The molecule has 1 rings (SSSR count). The van der Waals surface area contributed by atoms with Crippen molar-refractivity contribution >= 4 is 10.1 Å². The van der Waals surface area contributed by atoms with Crippen molar-refractivity contribution in [3.05, 3.63) is 35.4 Å². The van der Waals surface area contributed by atoms with Gasteiger partial charge in [0.2, 0.25) is 0 Å². The number of methoxy groups -OCH3 is 1. The van der Waals surface area contributed by atoms with Crippen molar-refractivity contribution in [3.63, 3.8) is 0 Å². The largest absolute Gasteiger partial charge is 0.380 e. The first-order valence-corrected chi connectivity index (χ1v) is 6.24. The SMILES string of the molecule is COCc1cccc(COS(C)(=O)=O)c1. The van der Waals surface area contributed by atoms with Crippen LogP contribution in [0.1, 0.15) is 11.1 Å². The predicted octanol–water partition coefficient (Wildman–Crippen LogP) is 1.31. The van der Waals surface area contributed by atoms with Crippen LogP contribution in [0.2, 0.25) is 0 Å². The average Bonchev–Trinajstić information content (AvgIpc) is 2.15. The fraction of sp³-hybridized carbons (Fsp3) is 0.400. The van der Waals surface area contributed by atoms with Crippen LogP contribution in [-0.2, 0) is 32.3 Å². The van der Waals surface area contributed by atoms with Gasteiger partial charge in [-0.25, -0.2) is 0 Å². The summed E-state index contributed by atoms with van der Waals surface area (Å²) in [5, 5.41) is 0. The van der Waals surface area contributed by atoms with E-state index in [0.717, 1.165) is 17.4 Å². The lowest BCUT2D eigenvalue weighted by Crippen LogP contribution is -2.03. The van der Waals surface area contributed by atoms with Gasteiger partial charge in [-0.2, -0.15) is 8.42 Å². The minimum absolute atomic E-state index is 0.0659. The van der Waals surface area contributed by atoms with Gasteiger partial charge in [-0.3, -0.25) is 4.18 Å². The van der Waals surface area contributed by atoms with Crippen LogP contribution < -0.4 is 0 Å². The van der Waals surface area contributed by atoms with E-state index in [9.17, 15) is 8.42 Å². The molecule has 0 radical (unpaired) electrons. The van der Waals surface area contributed by atoms with Crippen LogP contribution in [0.4, 0.5) is 0 Å². The topological polar surface area (TPSA) is 52.6 Å². The molecule has 0 saturated heterocycles. The Morgan fingerprint density at radius 1 is 1.20 bits per heavy atom. The van der Waals surface area contributed by atoms with E-state index >= 15 is 0 Å². The Bertz CT molecular complexity index is 411. The van der Waals surface area contributed by atoms with Gasteiger partial charge in [-0.15, -0.1) is 0 Å². The van der Waals surface area contributed by atoms with Crippen molar-refractivity contribution in [1.82, 2.24) is 0 Å². The Kier molecular flexibility index (Phi) is 4.26. The molecule has 84 valence electrons. The molecule has 0 atom stereocenters. The molecule has 0 aliphatic carbocycles. The summed E-state index contributed by atoms with van der Waals surface area (Å²) in [6.45, 7) is 0.573. The van der Waals surface area contributed by atoms with Crippen LogP contribution in [-0.4, -0.2) is 21.8 Å². The molecule has 1 aromatic carbocycles. The molecule has 0 saturated carbocycles. The van der Waals surface area contributed by atoms with Crippen molar-refractivity contribution in [2.75, 3.05) is 13.4 Å². The summed E-state index contributed by atoms with van der Waals surface area (Å²) in [5.41, 5.74) is 1.81. The quantitative estimate of drug-likeness (QED) is 0.716. The molecule has 0 bridgehead atoms. The molecule has 0 heterocycles. The first-order chi connectivity index (χ1) is 7.01. The fourth-order valence-electron chi connectivity index (χ4n) is 1.15. The number of ether oxygens (including phenoxy) is 1. The van der Waals surface area contributed by atoms with Crippen LogP contribution in [0.15, 0.2) is 24.3 Å². The van der Waals surface area contributed by atoms with Gasteiger partial charge in [-0.05, 0) is 11.1 Å². The van der Waals surface area contributed by atoms with Crippen LogP contribution >= 0.6 is 0 Å². The van der Waals surface area contributed by atoms with Gasteiger partial charge in [0.15, 0.2) is 0 Å². The first-order valence-electron chi connectivity index (χ1n) is 4.42. The van der Waals surface area contributed by atoms with E-state index in [4.69, 9.17) is 4.74 Å². The lowest BCUT2D eigenvalue weighted by molar-refractivity contribution is 0.184. The monoisotopic (exact) mass is 230 g/mol. The molecule has 0 aromatic heterocycles. The molecular formula is C10H14O4S. The second-order valence-electron chi connectivity index (χ2n) is 3.22. The Labute approximate surface area is 90.0 Å². The zero-order chi connectivity index (χ0) is 11.3. The molecule has 5 heteroatoms. The minimum Gasteiger partial charge on any atom is -0.380 e. The molecular weight excluding hydrogens is 216 g/mol. The first kappa shape index (κ1) is 12.2. The molecule has 15 heavy (non-hydrogen) atoms. The van der Waals surface area contributed by atoms with E-state index in [1.807, 2.05) is 24.3 Å². The van der Waals surface area contributed by atoms with Crippen LogP contribution in [0.25, 0.3) is 0 Å². The van der Waals surface area contributed by atoms with Gasteiger partial charge in [0.25, 0.3) is 10.1 Å². The van der Waals surface area contributed by atoms with Crippen LogP contribution in [0.3, 0.4) is 0 Å². The van der Waals surface area contributed by atoms with Crippen molar-refractivity contribution in [1.29, 1.82) is 0 Å². The minimum atomic E-state index is -3.38. The predicted molar refractivity (Wildman–Crippen MR) is 56.8 cm³/mol. The van der Waals surface area contributed by atoms with Crippen LogP contribution in [0.5, 0.6) is 0 Å². The summed E-state index contributed by atoms with van der Waals surface area (Å²) in [6.07, 6.45) is 1.03. The summed E-state index contributed by atoms with van der Waals surface area (Å²) in [5.74, 6) is 0. The van der Waals surface area contributed by atoms with E-state index in [-0.39, 0.29) is 6.61 Å². The van der Waals surface area contributed by atoms with Gasteiger partial charge in [-0.1, -0.05) is 24.3 Å². The Morgan fingerprint density at radius 3 is 2.33 bits per heavy atom. The van der Waals surface area contributed by atoms with Gasteiger partial charge in [0, 0.05) is 7.11 Å². The van der Waals surface area contributed by atoms with Gasteiger partial charge < -0.3 is 4.74 Å². The van der Waals surface area contributed by atoms with Crippen molar-refractivity contribution < 1.29 is 17.3 Å². The summed E-state index contributed by atoms with van der Waals surface area (Å²) in [4.78, 5) is 0. The number of hydrogen-bond acceptors (Lipinski definition) is 4. The lowest BCUT2D eigenvalue weighted by Gasteiger charge is -2.04. The third kappa shape index (κ3) is 4.92. The van der Waals surface area contributed by atoms with E-state index in [1.165, 1.54) is 0 Å². The highest BCUT2D eigenvalue weighted by molar-refractivity contribution is 7.85. The second-order valence-corrected chi connectivity index (χ2v) is 4.86. The molecule has 0 aliphatic rings. The smallest absolute Gasteiger partial charge is 0.264 e. The van der Waals surface area contributed by atoms with Crippen molar-refractivity contribution in [2.24, 2.45) is 0 Å². The highest BCUT2D eigenvalue weighted by atomic mass is 32.2. The fourth-order valence-corrected chi connectivity index (χ4v) is 1.50. The number of benzene rings is 1. The third-order valence-corrected chi connectivity index (χ3v) is 2.29. The molecule has 0 aliphatic heterocycles. The normalized spacial score (nSPS) is 11.6. The molecule has 0 fully saturated rings. The van der Waals surface area contributed by atoms with Gasteiger partial charge in [0.1, 0.15) is 0 Å². The summed E-state index contributed by atoms with van der Waals surface area (Å²) in [7, 11) is -1.77. The van der Waals surface area contributed by atoms with Gasteiger partial charge in [0.05, 0.1) is 19.5 Å². The Balaban J connectivity index is 2.65. The second kappa shape index (κ2) is 5.25. The molecule has 4 nitrogen and oxygen atoms in total. The molecule has 0 amide bonds.